The number of hydrogen-bond donors (Lipinski definition) is 1. The highest BCUT2D eigenvalue weighted by Gasteiger charge is 2.25. The minimum Gasteiger partial charge on any atom is -0.484 e. The van der Waals surface area contributed by atoms with E-state index in [4.69, 9.17) is 19.9 Å². The van der Waals surface area contributed by atoms with Gasteiger partial charge in [-0.1, -0.05) is 26.0 Å². The Labute approximate surface area is 146 Å². The lowest BCUT2D eigenvalue weighted by Crippen LogP contribution is -2.20. The van der Waals surface area contributed by atoms with Crippen LogP contribution < -0.4 is 10.5 Å². The molecule has 0 atom stereocenters. The number of rotatable bonds is 8. The number of esters is 2. The first-order chi connectivity index (χ1) is 11.8. The predicted molar refractivity (Wildman–Crippen MR) is 90.7 cm³/mol. The van der Waals surface area contributed by atoms with Gasteiger partial charge in [0.25, 0.3) is 5.91 Å². The first kappa shape index (κ1) is 20.2. The van der Waals surface area contributed by atoms with Crippen LogP contribution in [0, 0.1) is 5.92 Å². The molecular formula is C18H23NO6. The van der Waals surface area contributed by atoms with E-state index >= 15 is 0 Å². The Bertz CT molecular complexity index is 661. The summed E-state index contributed by atoms with van der Waals surface area (Å²) in [6, 6.07) is 6.77. The maximum Gasteiger partial charge on any atom is 0.334 e. The first-order valence-electron chi connectivity index (χ1n) is 7.69. The Balaban J connectivity index is 3.12. The van der Waals surface area contributed by atoms with Crippen LogP contribution in [0.3, 0.4) is 0 Å². The molecule has 25 heavy (non-hydrogen) atoms. The van der Waals surface area contributed by atoms with E-state index < -0.39 is 17.8 Å². The van der Waals surface area contributed by atoms with Crippen molar-refractivity contribution < 1.29 is 28.6 Å². The highest BCUT2D eigenvalue weighted by Crippen LogP contribution is 2.23. The van der Waals surface area contributed by atoms with Crippen LogP contribution >= 0.6 is 0 Å². The van der Waals surface area contributed by atoms with Gasteiger partial charge < -0.3 is 19.9 Å². The van der Waals surface area contributed by atoms with Crippen molar-refractivity contribution in [3.63, 3.8) is 0 Å². The number of hydrogen-bond acceptors (Lipinski definition) is 6. The number of amides is 1. The zero-order valence-electron chi connectivity index (χ0n) is 14.8. The van der Waals surface area contributed by atoms with Gasteiger partial charge in [0.05, 0.1) is 25.4 Å². The van der Waals surface area contributed by atoms with E-state index in [9.17, 15) is 14.4 Å². The van der Waals surface area contributed by atoms with Crippen LogP contribution in [0.4, 0.5) is 0 Å². The molecule has 0 aliphatic carbocycles. The molecule has 7 heteroatoms. The summed E-state index contributed by atoms with van der Waals surface area (Å²) in [5.74, 6) is -1.44. The molecule has 7 nitrogen and oxygen atoms in total. The highest BCUT2D eigenvalue weighted by atomic mass is 16.5. The van der Waals surface area contributed by atoms with E-state index in [0.29, 0.717) is 5.75 Å². The molecule has 0 aliphatic heterocycles. The fourth-order valence-corrected chi connectivity index (χ4v) is 2.28. The van der Waals surface area contributed by atoms with Gasteiger partial charge in [0.15, 0.2) is 6.61 Å². The van der Waals surface area contributed by atoms with E-state index in [1.807, 2.05) is 0 Å². The molecule has 0 spiro atoms. The molecule has 1 amide bonds. The fraction of sp³-hybridized carbons (Fsp3) is 0.389. The summed E-state index contributed by atoms with van der Waals surface area (Å²) in [4.78, 5) is 34.9. The molecule has 1 rings (SSSR count). The maximum absolute atomic E-state index is 12.2. The molecule has 0 heterocycles. The van der Waals surface area contributed by atoms with E-state index in [1.54, 1.807) is 38.1 Å². The normalized spacial score (nSPS) is 11.6. The van der Waals surface area contributed by atoms with Crippen LogP contribution in [0.15, 0.2) is 35.4 Å². The summed E-state index contributed by atoms with van der Waals surface area (Å²) in [5.41, 5.74) is 6.32. The van der Waals surface area contributed by atoms with Crippen LogP contribution in [0.2, 0.25) is 0 Å². The van der Waals surface area contributed by atoms with Gasteiger partial charge in [-0.25, -0.2) is 9.59 Å². The molecule has 0 aromatic heterocycles. The largest absolute Gasteiger partial charge is 0.484 e. The molecule has 0 saturated heterocycles. The zero-order valence-corrected chi connectivity index (χ0v) is 14.8. The van der Waals surface area contributed by atoms with Crippen molar-refractivity contribution >= 4 is 17.8 Å². The second-order valence-electron chi connectivity index (χ2n) is 5.61. The van der Waals surface area contributed by atoms with Gasteiger partial charge in [-0.05, 0) is 23.6 Å². The molecule has 0 radical (unpaired) electrons. The molecule has 0 aliphatic rings. The van der Waals surface area contributed by atoms with Crippen molar-refractivity contribution in [2.75, 3.05) is 20.8 Å². The Morgan fingerprint density at radius 1 is 1.00 bits per heavy atom. The van der Waals surface area contributed by atoms with Crippen molar-refractivity contribution in [2.45, 2.75) is 20.3 Å². The molecule has 1 aromatic carbocycles. The van der Waals surface area contributed by atoms with E-state index in [0.717, 1.165) is 5.56 Å². The first-order valence-corrected chi connectivity index (χ1v) is 7.69. The van der Waals surface area contributed by atoms with Gasteiger partial charge in [0.1, 0.15) is 5.75 Å². The van der Waals surface area contributed by atoms with Gasteiger partial charge in [-0.2, -0.15) is 0 Å². The lowest BCUT2D eigenvalue weighted by Gasteiger charge is -2.15. The number of ether oxygens (including phenoxy) is 3. The second kappa shape index (κ2) is 9.46. The van der Waals surface area contributed by atoms with E-state index in [-0.39, 0.29) is 30.1 Å². The average Bonchev–Trinajstić information content (AvgIpc) is 2.59. The molecular weight excluding hydrogens is 326 g/mol. The molecule has 136 valence electrons. The third-order valence-corrected chi connectivity index (χ3v) is 3.42. The Hall–Kier alpha value is -2.83. The van der Waals surface area contributed by atoms with Gasteiger partial charge in [-0.15, -0.1) is 0 Å². The molecule has 0 saturated carbocycles. The standard InChI is InChI=1S/C18H23NO6/c1-11(2)16(18(22)24-4)14(17(21)23-3)9-12-5-7-13(8-6-12)25-10-15(19)20/h5-8,11H,9-10H2,1-4H3,(H2,19,20). The Morgan fingerprint density at radius 2 is 1.56 bits per heavy atom. The van der Waals surface area contributed by atoms with Gasteiger partial charge in [0, 0.05) is 6.42 Å². The molecule has 0 bridgehead atoms. The number of nitrogens with two attached hydrogens (primary N) is 1. The average molecular weight is 349 g/mol. The van der Waals surface area contributed by atoms with Crippen LogP contribution in [0.25, 0.3) is 0 Å². The summed E-state index contributed by atoms with van der Waals surface area (Å²) in [6.07, 6.45) is 0.200. The number of methoxy groups -OCH3 is 2. The monoisotopic (exact) mass is 349 g/mol. The van der Waals surface area contributed by atoms with Crippen molar-refractivity contribution in [3.8, 4) is 5.75 Å². The summed E-state index contributed by atoms with van der Waals surface area (Å²) in [6.45, 7) is 3.39. The minimum absolute atomic E-state index is 0.200. The van der Waals surface area contributed by atoms with Crippen molar-refractivity contribution in [2.24, 2.45) is 11.7 Å². The van der Waals surface area contributed by atoms with Crippen LogP contribution in [0.5, 0.6) is 5.75 Å². The predicted octanol–water partition coefficient (Wildman–Crippen LogP) is 1.39. The fourth-order valence-electron chi connectivity index (χ4n) is 2.28. The van der Waals surface area contributed by atoms with Gasteiger partial charge in [0.2, 0.25) is 0 Å². The van der Waals surface area contributed by atoms with Crippen LogP contribution in [0.1, 0.15) is 19.4 Å². The van der Waals surface area contributed by atoms with E-state index in [2.05, 4.69) is 0 Å². The summed E-state index contributed by atoms with van der Waals surface area (Å²) >= 11 is 0. The quantitative estimate of drug-likeness (QED) is 0.562. The van der Waals surface area contributed by atoms with Crippen LogP contribution in [-0.4, -0.2) is 38.7 Å². The Morgan fingerprint density at radius 3 is 2.00 bits per heavy atom. The number of carbonyl (C=O) groups excluding carboxylic acids is 3. The molecule has 0 fully saturated rings. The van der Waals surface area contributed by atoms with Crippen molar-refractivity contribution in [1.29, 1.82) is 0 Å². The molecule has 1 aromatic rings. The van der Waals surface area contributed by atoms with E-state index in [1.165, 1.54) is 14.2 Å². The lowest BCUT2D eigenvalue weighted by atomic mass is 9.93. The zero-order chi connectivity index (χ0) is 19.0. The van der Waals surface area contributed by atoms with Crippen molar-refractivity contribution in [1.82, 2.24) is 0 Å². The summed E-state index contributed by atoms with van der Waals surface area (Å²) in [7, 11) is 2.53. The molecule has 2 N–H and O–H groups in total. The Kier molecular flexibility index (Phi) is 7.65. The maximum atomic E-state index is 12.2. The second-order valence-corrected chi connectivity index (χ2v) is 5.61. The topological polar surface area (TPSA) is 105 Å². The van der Waals surface area contributed by atoms with Gasteiger partial charge in [-0.3, -0.25) is 4.79 Å². The van der Waals surface area contributed by atoms with Crippen molar-refractivity contribution in [3.05, 3.63) is 41.0 Å². The number of benzene rings is 1. The minimum atomic E-state index is -0.580. The molecule has 0 unspecified atom stereocenters. The summed E-state index contributed by atoms with van der Waals surface area (Å²) < 4.78 is 14.8. The van der Waals surface area contributed by atoms with Gasteiger partial charge >= 0.3 is 11.9 Å². The summed E-state index contributed by atoms with van der Waals surface area (Å²) in [5, 5.41) is 0. The highest BCUT2D eigenvalue weighted by molar-refractivity contribution is 6.00. The lowest BCUT2D eigenvalue weighted by molar-refractivity contribution is -0.139. The third kappa shape index (κ3) is 5.95. The third-order valence-electron chi connectivity index (χ3n) is 3.42. The number of primary amides is 1. The smallest absolute Gasteiger partial charge is 0.334 e. The van der Waals surface area contributed by atoms with Crippen LogP contribution in [-0.2, 0) is 30.3 Å². The SMILES string of the molecule is COC(=O)C(Cc1ccc(OCC(N)=O)cc1)=C(C(=O)OC)C(C)C. The number of carbonyl (C=O) groups is 3.